The maximum atomic E-state index is 12.0. The van der Waals surface area contributed by atoms with Crippen molar-refractivity contribution >= 4 is 0 Å². The van der Waals surface area contributed by atoms with Crippen LogP contribution in [0, 0.1) is 6.92 Å². The van der Waals surface area contributed by atoms with E-state index in [1.165, 1.54) is 6.20 Å². The summed E-state index contributed by atoms with van der Waals surface area (Å²) < 4.78 is 37.0. The van der Waals surface area contributed by atoms with Crippen molar-refractivity contribution in [1.29, 1.82) is 0 Å². The number of halogens is 3. The van der Waals surface area contributed by atoms with Gasteiger partial charge in [0, 0.05) is 5.69 Å². The molecule has 0 saturated heterocycles. The van der Waals surface area contributed by atoms with Crippen LogP contribution in [0.3, 0.4) is 0 Å². The molecule has 2 nitrogen and oxygen atoms in total. The van der Waals surface area contributed by atoms with Crippen LogP contribution >= 0.6 is 0 Å². The third-order valence-electron chi connectivity index (χ3n) is 1.82. The Balaban J connectivity index is 2.89. The Kier molecular flexibility index (Phi) is 2.63. The Morgan fingerprint density at radius 2 is 2.08 bits per heavy atom. The van der Waals surface area contributed by atoms with Gasteiger partial charge in [-0.25, -0.2) is 0 Å². The van der Waals surface area contributed by atoms with Gasteiger partial charge >= 0.3 is 6.18 Å². The summed E-state index contributed by atoms with van der Waals surface area (Å²) in [6.45, 7) is 2.58. The molecule has 0 N–H and O–H groups in total. The molecule has 1 aromatic heterocycles. The summed E-state index contributed by atoms with van der Waals surface area (Å²) in [5.41, 5.74) is 1.46. The summed E-state index contributed by atoms with van der Waals surface area (Å²) in [7, 11) is 0. The number of hydrogen-bond acceptors (Lipinski definition) is 1. The Morgan fingerprint density at radius 3 is 2.54 bits per heavy atom. The number of hydrogen-bond donors (Lipinski definition) is 0. The fourth-order valence-corrected chi connectivity index (χ4v) is 1.27. The summed E-state index contributed by atoms with van der Waals surface area (Å²) in [5, 5.41) is 3.67. The van der Waals surface area contributed by atoms with Crippen LogP contribution in [0.4, 0.5) is 13.2 Å². The zero-order valence-corrected chi connectivity index (χ0v) is 7.52. The third kappa shape index (κ3) is 2.47. The number of aryl methyl sites for hydroxylation is 1. The van der Waals surface area contributed by atoms with E-state index in [2.05, 4.69) is 5.10 Å². The zero-order chi connectivity index (χ0) is 10.1. The topological polar surface area (TPSA) is 17.8 Å². The Labute approximate surface area is 74.4 Å². The van der Waals surface area contributed by atoms with E-state index >= 15 is 0 Å². The van der Waals surface area contributed by atoms with Crippen LogP contribution in [0.5, 0.6) is 0 Å². The number of alkyl halides is 3. The standard InChI is InChI=1S/C8H11F3N2/c1-3-7-6(2)4-12-13(7)5-8(9,10)11/h4H,3,5H2,1-2H3. The molecule has 74 valence electrons. The summed E-state index contributed by atoms with van der Waals surface area (Å²) in [4.78, 5) is 0. The molecule has 0 fully saturated rings. The van der Waals surface area contributed by atoms with Crippen LogP contribution in [0.1, 0.15) is 18.2 Å². The molecule has 1 heterocycles. The van der Waals surface area contributed by atoms with Crippen molar-refractivity contribution in [3.8, 4) is 0 Å². The van der Waals surface area contributed by atoms with Crippen molar-refractivity contribution in [2.75, 3.05) is 0 Å². The van der Waals surface area contributed by atoms with E-state index in [0.717, 1.165) is 10.2 Å². The van der Waals surface area contributed by atoms with Gasteiger partial charge in [-0.05, 0) is 18.9 Å². The van der Waals surface area contributed by atoms with Crippen LogP contribution in [0.2, 0.25) is 0 Å². The number of nitrogens with zero attached hydrogens (tertiary/aromatic N) is 2. The lowest BCUT2D eigenvalue weighted by atomic mass is 10.2. The highest BCUT2D eigenvalue weighted by Crippen LogP contribution is 2.19. The van der Waals surface area contributed by atoms with Crippen molar-refractivity contribution in [2.24, 2.45) is 0 Å². The van der Waals surface area contributed by atoms with E-state index in [0.29, 0.717) is 12.1 Å². The molecular weight excluding hydrogens is 181 g/mol. The van der Waals surface area contributed by atoms with Crippen LogP contribution in [-0.2, 0) is 13.0 Å². The molecule has 0 spiro atoms. The minimum atomic E-state index is -4.19. The maximum absolute atomic E-state index is 12.0. The third-order valence-corrected chi connectivity index (χ3v) is 1.82. The molecule has 5 heteroatoms. The van der Waals surface area contributed by atoms with Gasteiger partial charge < -0.3 is 0 Å². The largest absolute Gasteiger partial charge is 0.408 e. The van der Waals surface area contributed by atoms with Crippen molar-refractivity contribution in [2.45, 2.75) is 33.0 Å². The Hall–Kier alpha value is -1.00. The summed E-state index contributed by atoms with van der Waals surface area (Å²) in [5.74, 6) is 0. The van der Waals surface area contributed by atoms with Gasteiger partial charge in [0.15, 0.2) is 0 Å². The predicted octanol–water partition coefficient (Wildman–Crippen LogP) is 2.32. The molecule has 0 aliphatic rings. The molecule has 13 heavy (non-hydrogen) atoms. The molecule has 0 aliphatic heterocycles. The van der Waals surface area contributed by atoms with Crippen molar-refractivity contribution in [3.63, 3.8) is 0 Å². The van der Waals surface area contributed by atoms with Gasteiger partial charge in [-0.3, -0.25) is 4.68 Å². The zero-order valence-electron chi connectivity index (χ0n) is 7.52. The second-order valence-electron chi connectivity index (χ2n) is 2.90. The lowest BCUT2D eigenvalue weighted by Crippen LogP contribution is -2.20. The van der Waals surface area contributed by atoms with Crippen LogP contribution in [0.15, 0.2) is 6.20 Å². The predicted molar refractivity (Wildman–Crippen MR) is 42.4 cm³/mol. The highest BCUT2D eigenvalue weighted by Gasteiger charge is 2.29. The number of aromatic nitrogens is 2. The van der Waals surface area contributed by atoms with E-state index in [-0.39, 0.29) is 0 Å². The van der Waals surface area contributed by atoms with Gasteiger partial charge in [0.1, 0.15) is 6.54 Å². The molecule has 0 unspecified atom stereocenters. The average Bonchev–Trinajstić information content (AvgIpc) is 2.28. The van der Waals surface area contributed by atoms with Crippen molar-refractivity contribution < 1.29 is 13.2 Å². The van der Waals surface area contributed by atoms with Crippen molar-refractivity contribution in [3.05, 3.63) is 17.5 Å². The molecule has 1 rings (SSSR count). The maximum Gasteiger partial charge on any atom is 0.408 e. The molecule has 0 aliphatic carbocycles. The summed E-state index contributed by atoms with van der Waals surface area (Å²) >= 11 is 0. The van der Waals surface area contributed by atoms with Gasteiger partial charge in [-0.2, -0.15) is 18.3 Å². The molecule has 0 amide bonds. The highest BCUT2D eigenvalue weighted by atomic mass is 19.4. The summed E-state index contributed by atoms with van der Waals surface area (Å²) in [6, 6.07) is 0. The quantitative estimate of drug-likeness (QED) is 0.703. The molecule has 0 radical (unpaired) electrons. The van der Waals surface area contributed by atoms with E-state index in [4.69, 9.17) is 0 Å². The average molecular weight is 192 g/mol. The first-order chi connectivity index (χ1) is 5.94. The Bertz CT molecular complexity index is 288. The van der Waals surface area contributed by atoms with E-state index in [1.54, 1.807) is 6.92 Å². The van der Waals surface area contributed by atoms with Gasteiger partial charge in [-0.1, -0.05) is 6.92 Å². The van der Waals surface area contributed by atoms with E-state index in [1.807, 2.05) is 6.92 Å². The first-order valence-corrected chi connectivity index (χ1v) is 4.02. The van der Waals surface area contributed by atoms with Gasteiger partial charge in [0.25, 0.3) is 0 Å². The lowest BCUT2D eigenvalue weighted by molar-refractivity contribution is -0.143. The molecular formula is C8H11F3N2. The van der Waals surface area contributed by atoms with Gasteiger partial charge in [0.05, 0.1) is 6.20 Å². The number of rotatable bonds is 2. The van der Waals surface area contributed by atoms with Crippen molar-refractivity contribution in [1.82, 2.24) is 9.78 Å². The first kappa shape index (κ1) is 10.1. The highest BCUT2D eigenvalue weighted by molar-refractivity contribution is 5.15. The van der Waals surface area contributed by atoms with E-state index < -0.39 is 12.7 Å². The SMILES string of the molecule is CCc1c(C)cnn1CC(F)(F)F. The second-order valence-corrected chi connectivity index (χ2v) is 2.90. The Morgan fingerprint density at radius 1 is 1.46 bits per heavy atom. The van der Waals surface area contributed by atoms with Crippen LogP contribution < -0.4 is 0 Å². The minimum absolute atomic E-state index is 0.571. The van der Waals surface area contributed by atoms with Gasteiger partial charge in [0.2, 0.25) is 0 Å². The fraction of sp³-hybridized carbons (Fsp3) is 0.625. The molecule has 1 aromatic rings. The summed E-state index contributed by atoms with van der Waals surface area (Å²) in [6.07, 6.45) is -2.16. The van der Waals surface area contributed by atoms with Crippen LogP contribution in [0.25, 0.3) is 0 Å². The molecule has 0 aromatic carbocycles. The lowest BCUT2D eigenvalue weighted by Gasteiger charge is -2.09. The smallest absolute Gasteiger partial charge is 0.260 e. The monoisotopic (exact) mass is 192 g/mol. The first-order valence-electron chi connectivity index (χ1n) is 4.02. The fourth-order valence-electron chi connectivity index (χ4n) is 1.27. The minimum Gasteiger partial charge on any atom is -0.260 e. The molecule has 0 atom stereocenters. The normalized spacial score (nSPS) is 12.1. The molecule has 0 saturated carbocycles. The van der Waals surface area contributed by atoms with Gasteiger partial charge in [-0.15, -0.1) is 0 Å². The van der Waals surface area contributed by atoms with Crippen LogP contribution in [-0.4, -0.2) is 16.0 Å². The molecule has 0 bridgehead atoms. The van der Waals surface area contributed by atoms with E-state index in [9.17, 15) is 13.2 Å². The second kappa shape index (κ2) is 3.40.